The van der Waals surface area contributed by atoms with Crippen LogP contribution in [0.15, 0.2) is 40.2 Å². The molecule has 1 N–H and O–H groups in total. The minimum absolute atomic E-state index is 0.433. The lowest BCUT2D eigenvalue weighted by atomic mass is 10.1. The lowest BCUT2D eigenvalue weighted by Gasteiger charge is -2.24. The zero-order valence-electron chi connectivity index (χ0n) is 11.1. The van der Waals surface area contributed by atoms with E-state index in [2.05, 4.69) is 51.3 Å². The van der Waals surface area contributed by atoms with Crippen LogP contribution >= 0.6 is 27.3 Å². The molecule has 0 saturated carbocycles. The van der Waals surface area contributed by atoms with Crippen molar-refractivity contribution in [2.24, 2.45) is 0 Å². The van der Waals surface area contributed by atoms with Crippen molar-refractivity contribution in [3.63, 3.8) is 0 Å². The van der Waals surface area contributed by atoms with Crippen molar-refractivity contribution in [3.8, 4) is 0 Å². The van der Waals surface area contributed by atoms with Gasteiger partial charge in [0.25, 0.3) is 0 Å². The van der Waals surface area contributed by atoms with Crippen molar-refractivity contribution < 1.29 is 5.11 Å². The second-order valence-electron chi connectivity index (χ2n) is 4.48. The average molecular weight is 340 g/mol. The summed E-state index contributed by atoms with van der Waals surface area (Å²) in [6.45, 7) is 5.80. The van der Waals surface area contributed by atoms with Crippen molar-refractivity contribution in [2.45, 2.75) is 26.5 Å². The van der Waals surface area contributed by atoms with Crippen LogP contribution in [-0.4, -0.2) is 11.7 Å². The Morgan fingerprint density at radius 1 is 1.37 bits per heavy atom. The molecule has 4 heteroatoms. The number of thiophene rings is 1. The third kappa shape index (κ3) is 3.59. The Morgan fingerprint density at radius 2 is 2.16 bits per heavy atom. The Balaban J connectivity index is 2.23. The third-order valence-electron chi connectivity index (χ3n) is 3.10. The topological polar surface area (TPSA) is 23.5 Å². The summed E-state index contributed by atoms with van der Waals surface area (Å²) >= 11 is 5.39. The molecule has 0 aliphatic heterocycles. The van der Waals surface area contributed by atoms with Crippen LogP contribution in [-0.2, 0) is 6.54 Å². The number of anilines is 1. The van der Waals surface area contributed by atoms with Gasteiger partial charge in [-0.2, -0.15) is 0 Å². The molecule has 0 saturated heterocycles. The van der Waals surface area contributed by atoms with E-state index < -0.39 is 6.10 Å². The highest BCUT2D eigenvalue weighted by atomic mass is 79.9. The highest BCUT2D eigenvalue weighted by Gasteiger charge is 2.11. The first-order valence-corrected chi connectivity index (χ1v) is 8.04. The van der Waals surface area contributed by atoms with Gasteiger partial charge >= 0.3 is 0 Å². The Bertz CT molecular complexity index is 525. The van der Waals surface area contributed by atoms with Gasteiger partial charge in [-0.15, -0.1) is 11.3 Å². The minimum atomic E-state index is -0.433. The highest BCUT2D eigenvalue weighted by molar-refractivity contribution is 9.10. The molecule has 102 valence electrons. The van der Waals surface area contributed by atoms with E-state index in [0.29, 0.717) is 0 Å². The molecule has 2 aromatic rings. The highest BCUT2D eigenvalue weighted by Crippen LogP contribution is 2.30. The third-order valence-corrected chi connectivity index (χ3v) is 4.60. The number of aliphatic hydroxyl groups is 1. The molecule has 1 aromatic heterocycles. The molecule has 2 nitrogen and oxygen atoms in total. The number of hydrogen-bond acceptors (Lipinski definition) is 3. The average Bonchev–Trinajstić information content (AvgIpc) is 2.89. The van der Waals surface area contributed by atoms with Crippen LogP contribution in [0.5, 0.6) is 0 Å². The fourth-order valence-electron chi connectivity index (χ4n) is 2.00. The van der Waals surface area contributed by atoms with Gasteiger partial charge in [0.05, 0.1) is 18.3 Å². The van der Waals surface area contributed by atoms with Gasteiger partial charge in [-0.25, -0.2) is 0 Å². The molecular weight excluding hydrogens is 322 g/mol. The molecule has 1 heterocycles. The Labute approximate surface area is 126 Å². The largest absolute Gasteiger partial charge is 0.389 e. The molecule has 0 spiro atoms. The first-order chi connectivity index (χ1) is 9.11. The van der Waals surface area contributed by atoms with E-state index in [-0.39, 0.29) is 0 Å². The molecule has 1 atom stereocenters. The fourth-order valence-corrected chi connectivity index (χ4v) is 3.36. The maximum Gasteiger partial charge on any atom is 0.0762 e. The summed E-state index contributed by atoms with van der Waals surface area (Å²) in [6, 6.07) is 10.3. The van der Waals surface area contributed by atoms with Gasteiger partial charge in [0.15, 0.2) is 0 Å². The SMILES string of the molecule is CCN(Cc1cccs1)c1ccc([C@@H](C)O)cc1Br. The van der Waals surface area contributed by atoms with E-state index in [1.54, 1.807) is 18.3 Å². The molecule has 0 bridgehead atoms. The van der Waals surface area contributed by atoms with Gasteiger partial charge in [-0.1, -0.05) is 12.1 Å². The fraction of sp³-hybridized carbons (Fsp3) is 0.333. The molecule has 0 aliphatic carbocycles. The summed E-state index contributed by atoms with van der Waals surface area (Å²) < 4.78 is 1.03. The lowest BCUT2D eigenvalue weighted by Crippen LogP contribution is -2.21. The summed E-state index contributed by atoms with van der Waals surface area (Å²) in [5.41, 5.74) is 2.10. The Hall–Kier alpha value is -0.840. The number of hydrogen-bond donors (Lipinski definition) is 1. The lowest BCUT2D eigenvalue weighted by molar-refractivity contribution is 0.199. The number of aliphatic hydroxyl groups excluding tert-OH is 1. The maximum absolute atomic E-state index is 9.61. The summed E-state index contributed by atoms with van der Waals surface area (Å²) in [5, 5.41) is 11.7. The molecule has 0 aliphatic rings. The molecule has 0 fully saturated rings. The molecule has 19 heavy (non-hydrogen) atoms. The van der Waals surface area contributed by atoms with E-state index in [1.807, 2.05) is 12.1 Å². The summed E-state index contributed by atoms with van der Waals surface area (Å²) in [6.07, 6.45) is -0.433. The molecule has 1 aromatic carbocycles. The molecule has 2 rings (SSSR count). The van der Waals surface area contributed by atoms with Crippen molar-refractivity contribution in [2.75, 3.05) is 11.4 Å². The number of rotatable bonds is 5. The van der Waals surface area contributed by atoms with E-state index >= 15 is 0 Å². The Kier molecular flexibility index (Phi) is 5.02. The number of halogens is 1. The monoisotopic (exact) mass is 339 g/mol. The van der Waals surface area contributed by atoms with Crippen LogP contribution in [0.1, 0.15) is 30.4 Å². The van der Waals surface area contributed by atoms with E-state index in [0.717, 1.165) is 23.1 Å². The molecule has 0 radical (unpaired) electrons. The second kappa shape index (κ2) is 6.55. The van der Waals surface area contributed by atoms with E-state index in [9.17, 15) is 5.11 Å². The van der Waals surface area contributed by atoms with E-state index in [4.69, 9.17) is 0 Å². The molecule has 0 amide bonds. The van der Waals surface area contributed by atoms with Gasteiger partial charge in [-0.3, -0.25) is 0 Å². The second-order valence-corrected chi connectivity index (χ2v) is 6.37. The van der Waals surface area contributed by atoms with Crippen molar-refractivity contribution >= 4 is 33.0 Å². The van der Waals surface area contributed by atoms with Crippen LogP contribution in [0.3, 0.4) is 0 Å². The van der Waals surface area contributed by atoms with Crippen LogP contribution < -0.4 is 4.90 Å². The zero-order chi connectivity index (χ0) is 13.8. The van der Waals surface area contributed by atoms with Crippen LogP contribution in [0.2, 0.25) is 0 Å². The van der Waals surface area contributed by atoms with E-state index in [1.165, 1.54) is 10.6 Å². The predicted octanol–water partition coefficient (Wildman–Crippen LogP) is 4.59. The van der Waals surface area contributed by atoms with Gasteiger partial charge in [0.1, 0.15) is 0 Å². The first kappa shape index (κ1) is 14.6. The van der Waals surface area contributed by atoms with Crippen LogP contribution in [0, 0.1) is 0 Å². The van der Waals surface area contributed by atoms with Crippen molar-refractivity contribution in [1.82, 2.24) is 0 Å². The summed E-state index contributed by atoms with van der Waals surface area (Å²) in [4.78, 5) is 3.68. The molecule has 0 unspecified atom stereocenters. The van der Waals surface area contributed by atoms with Crippen molar-refractivity contribution in [1.29, 1.82) is 0 Å². The van der Waals surface area contributed by atoms with Gasteiger partial charge in [0, 0.05) is 15.9 Å². The normalized spacial score (nSPS) is 12.4. The van der Waals surface area contributed by atoms with Crippen LogP contribution in [0.25, 0.3) is 0 Å². The van der Waals surface area contributed by atoms with Gasteiger partial charge < -0.3 is 10.0 Å². The smallest absolute Gasteiger partial charge is 0.0762 e. The quantitative estimate of drug-likeness (QED) is 0.860. The summed E-state index contributed by atoms with van der Waals surface area (Å²) in [7, 11) is 0. The first-order valence-electron chi connectivity index (χ1n) is 6.36. The summed E-state index contributed by atoms with van der Waals surface area (Å²) in [5.74, 6) is 0. The number of nitrogens with zero attached hydrogens (tertiary/aromatic N) is 1. The van der Waals surface area contributed by atoms with Gasteiger partial charge in [-0.05, 0) is 58.9 Å². The van der Waals surface area contributed by atoms with Gasteiger partial charge in [0.2, 0.25) is 0 Å². The Morgan fingerprint density at radius 3 is 2.68 bits per heavy atom. The zero-order valence-corrected chi connectivity index (χ0v) is 13.5. The number of benzene rings is 1. The standard InChI is InChI=1S/C15H18BrNOS/c1-3-17(10-13-5-4-8-19-13)15-7-6-12(11(2)18)9-14(15)16/h4-9,11,18H,3,10H2,1-2H3/t11-/m1/s1. The van der Waals surface area contributed by atoms with Crippen molar-refractivity contribution in [3.05, 3.63) is 50.6 Å². The van der Waals surface area contributed by atoms with Crippen LogP contribution in [0.4, 0.5) is 5.69 Å². The minimum Gasteiger partial charge on any atom is -0.389 e. The maximum atomic E-state index is 9.61. The predicted molar refractivity (Wildman–Crippen MR) is 85.8 cm³/mol. The molecular formula is C15H18BrNOS.